The molecule has 2 aromatic rings. The molecule has 0 aliphatic heterocycles. The van der Waals surface area contributed by atoms with E-state index in [-0.39, 0.29) is 24.7 Å². The third kappa shape index (κ3) is 5.70. The van der Waals surface area contributed by atoms with E-state index in [0.29, 0.717) is 35.6 Å². The highest BCUT2D eigenvalue weighted by Gasteiger charge is 2.12. The molecule has 0 aliphatic rings. The van der Waals surface area contributed by atoms with Crippen molar-refractivity contribution < 1.29 is 24.0 Å². The summed E-state index contributed by atoms with van der Waals surface area (Å²) in [6, 6.07) is 10.9. The summed E-state index contributed by atoms with van der Waals surface area (Å²) in [6.45, 7) is 0.339. The Balaban J connectivity index is 1.77. The number of aldehydes is 1. The lowest BCUT2D eigenvalue weighted by Gasteiger charge is -2.11. The van der Waals surface area contributed by atoms with Gasteiger partial charge in [-0.1, -0.05) is 12.1 Å². The molecule has 0 aliphatic carbocycles. The molecular weight excluding hydrogens is 354 g/mol. The minimum Gasteiger partial charge on any atom is -0.493 e. The fourth-order valence-electron chi connectivity index (χ4n) is 2.25. The van der Waals surface area contributed by atoms with Crippen LogP contribution in [0.25, 0.3) is 0 Å². The van der Waals surface area contributed by atoms with Crippen LogP contribution < -0.4 is 20.1 Å². The normalized spacial score (nSPS) is 9.96. The lowest BCUT2D eigenvalue weighted by atomic mass is 10.2. The molecule has 1 amide bonds. The maximum absolute atomic E-state index is 11.9. The fraction of sp³-hybridized carbons (Fsp3) is 0.222. The molecule has 0 saturated heterocycles. The van der Waals surface area contributed by atoms with Gasteiger partial charge in [-0.2, -0.15) is 0 Å². The number of carbonyl (C=O) groups excluding carboxylic acids is 2. The molecule has 2 rings (SSSR count). The quantitative estimate of drug-likeness (QED) is 0.283. The van der Waals surface area contributed by atoms with Crippen LogP contribution in [0.1, 0.15) is 10.4 Å². The molecule has 0 saturated carbocycles. The van der Waals surface area contributed by atoms with Crippen molar-refractivity contribution in [3.63, 3.8) is 0 Å². The van der Waals surface area contributed by atoms with Crippen LogP contribution in [-0.2, 0) is 4.79 Å². The molecule has 27 heavy (non-hydrogen) atoms. The van der Waals surface area contributed by atoms with Crippen molar-refractivity contribution in [2.24, 2.45) is 0 Å². The summed E-state index contributed by atoms with van der Waals surface area (Å²) >= 11 is 0. The maximum Gasteiger partial charge on any atom is 0.292 e. The predicted octanol–water partition coefficient (Wildman–Crippen LogP) is 2.02. The summed E-state index contributed by atoms with van der Waals surface area (Å²) in [5, 5.41) is 16.5. The average molecular weight is 373 g/mol. The largest absolute Gasteiger partial charge is 0.493 e. The number of hydrogen-bond acceptors (Lipinski definition) is 7. The molecule has 0 spiro atoms. The van der Waals surface area contributed by atoms with Crippen LogP contribution in [0, 0.1) is 10.1 Å². The third-order valence-electron chi connectivity index (χ3n) is 3.55. The number of rotatable bonds is 10. The van der Waals surface area contributed by atoms with Gasteiger partial charge in [-0.15, -0.1) is 0 Å². The van der Waals surface area contributed by atoms with Gasteiger partial charge in [-0.3, -0.25) is 19.7 Å². The first-order valence-electron chi connectivity index (χ1n) is 8.05. The fourth-order valence-corrected chi connectivity index (χ4v) is 2.25. The molecule has 9 heteroatoms. The summed E-state index contributed by atoms with van der Waals surface area (Å²) in [5.41, 5.74) is 0.788. The lowest BCUT2D eigenvalue weighted by molar-refractivity contribution is -0.384. The number of benzene rings is 2. The first kappa shape index (κ1) is 19.7. The predicted molar refractivity (Wildman–Crippen MR) is 98.5 cm³/mol. The number of hydrogen-bond donors (Lipinski definition) is 2. The van der Waals surface area contributed by atoms with Gasteiger partial charge in [-0.05, 0) is 24.3 Å². The van der Waals surface area contributed by atoms with Crippen LogP contribution in [0.4, 0.5) is 11.4 Å². The van der Waals surface area contributed by atoms with Crippen LogP contribution >= 0.6 is 0 Å². The van der Waals surface area contributed by atoms with Crippen molar-refractivity contribution in [3.05, 3.63) is 58.1 Å². The van der Waals surface area contributed by atoms with Crippen molar-refractivity contribution in [2.75, 3.05) is 32.1 Å². The van der Waals surface area contributed by atoms with Gasteiger partial charge < -0.3 is 20.1 Å². The number of nitrogens with one attached hydrogen (secondary N) is 2. The standard InChI is InChI=1S/C18H19N3O6/c1-26-17-10-13(11-22)6-7-16(17)27-12-18(23)20-9-8-19-14-4-2-3-5-15(14)21(24)25/h2-7,10-11,19H,8-9,12H2,1H3,(H,20,23). The Morgan fingerprint density at radius 3 is 2.67 bits per heavy atom. The van der Waals surface area contributed by atoms with Gasteiger partial charge in [0.1, 0.15) is 12.0 Å². The highest BCUT2D eigenvalue weighted by Crippen LogP contribution is 2.27. The van der Waals surface area contributed by atoms with E-state index in [2.05, 4.69) is 10.6 Å². The number of ether oxygens (including phenoxy) is 2. The van der Waals surface area contributed by atoms with Gasteiger partial charge in [0.2, 0.25) is 0 Å². The molecule has 0 heterocycles. The zero-order chi connectivity index (χ0) is 19.6. The molecule has 0 unspecified atom stereocenters. The van der Waals surface area contributed by atoms with Gasteiger partial charge in [0, 0.05) is 24.7 Å². The molecule has 0 aromatic heterocycles. The summed E-state index contributed by atoms with van der Waals surface area (Å²) < 4.78 is 10.5. The second-order valence-electron chi connectivity index (χ2n) is 5.37. The molecular formula is C18H19N3O6. The average Bonchev–Trinajstić information content (AvgIpc) is 2.69. The molecule has 2 aromatic carbocycles. The minimum atomic E-state index is -0.474. The lowest BCUT2D eigenvalue weighted by Crippen LogP contribution is -2.32. The van der Waals surface area contributed by atoms with Crippen LogP contribution in [0.3, 0.4) is 0 Å². The zero-order valence-corrected chi connectivity index (χ0v) is 14.6. The van der Waals surface area contributed by atoms with E-state index < -0.39 is 4.92 Å². The summed E-state index contributed by atoms with van der Waals surface area (Å²) in [5.74, 6) is 0.336. The summed E-state index contributed by atoms with van der Waals surface area (Å²) in [6.07, 6.45) is 0.684. The molecule has 0 atom stereocenters. The number of anilines is 1. The second-order valence-corrected chi connectivity index (χ2v) is 5.37. The van der Waals surface area contributed by atoms with Gasteiger partial charge >= 0.3 is 0 Å². The maximum atomic E-state index is 11.9. The van der Waals surface area contributed by atoms with Crippen LogP contribution in [-0.4, -0.2) is 43.9 Å². The van der Waals surface area contributed by atoms with E-state index >= 15 is 0 Å². The third-order valence-corrected chi connectivity index (χ3v) is 3.55. The van der Waals surface area contributed by atoms with Crippen molar-refractivity contribution in [3.8, 4) is 11.5 Å². The number of carbonyl (C=O) groups is 2. The highest BCUT2D eigenvalue weighted by atomic mass is 16.6. The highest BCUT2D eigenvalue weighted by molar-refractivity contribution is 5.78. The van der Waals surface area contributed by atoms with Crippen LogP contribution in [0.2, 0.25) is 0 Å². The van der Waals surface area contributed by atoms with Gasteiger partial charge in [0.15, 0.2) is 18.1 Å². The molecule has 2 N–H and O–H groups in total. The van der Waals surface area contributed by atoms with Crippen molar-refractivity contribution in [1.29, 1.82) is 0 Å². The van der Waals surface area contributed by atoms with Gasteiger partial charge in [0.25, 0.3) is 11.6 Å². The summed E-state index contributed by atoms with van der Waals surface area (Å²) in [7, 11) is 1.44. The van der Waals surface area contributed by atoms with E-state index in [1.807, 2.05) is 0 Å². The van der Waals surface area contributed by atoms with E-state index in [9.17, 15) is 19.7 Å². The number of nitro groups is 1. The first-order valence-corrected chi connectivity index (χ1v) is 8.05. The van der Waals surface area contributed by atoms with Crippen molar-refractivity contribution >= 4 is 23.6 Å². The number of amides is 1. The Morgan fingerprint density at radius 1 is 1.19 bits per heavy atom. The molecule has 0 radical (unpaired) electrons. The minimum absolute atomic E-state index is 0.0296. The molecule has 0 bridgehead atoms. The van der Waals surface area contributed by atoms with Crippen LogP contribution in [0.15, 0.2) is 42.5 Å². The SMILES string of the molecule is COc1cc(C=O)ccc1OCC(=O)NCCNc1ccccc1[N+](=O)[O-]. The Hall–Kier alpha value is -3.62. The smallest absolute Gasteiger partial charge is 0.292 e. The Bertz CT molecular complexity index is 824. The molecule has 142 valence electrons. The first-order chi connectivity index (χ1) is 13.0. The number of methoxy groups -OCH3 is 1. The van der Waals surface area contributed by atoms with E-state index in [1.54, 1.807) is 30.3 Å². The number of nitrogens with zero attached hydrogens (tertiary/aromatic N) is 1. The molecule has 9 nitrogen and oxygen atoms in total. The topological polar surface area (TPSA) is 120 Å². The molecule has 0 fully saturated rings. The Morgan fingerprint density at radius 2 is 1.96 bits per heavy atom. The Kier molecular flexibility index (Phi) is 7.12. The number of para-hydroxylation sites is 2. The van der Waals surface area contributed by atoms with Gasteiger partial charge in [-0.25, -0.2) is 0 Å². The van der Waals surface area contributed by atoms with Crippen molar-refractivity contribution in [1.82, 2.24) is 5.32 Å². The van der Waals surface area contributed by atoms with E-state index in [0.717, 1.165) is 0 Å². The number of nitro benzene ring substituents is 1. The second kappa shape index (κ2) is 9.76. The summed E-state index contributed by atoms with van der Waals surface area (Å²) in [4.78, 5) is 33.1. The monoisotopic (exact) mass is 373 g/mol. The van der Waals surface area contributed by atoms with Gasteiger partial charge in [0.05, 0.1) is 12.0 Å². The zero-order valence-electron chi connectivity index (χ0n) is 14.6. The van der Waals surface area contributed by atoms with E-state index in [1.165, 1.54) is 19.2 Å². The van der Waals surface area contributed by atoms with Crippen LogP contribution in [0.5, 0.6) is 11.5 Å². The Labute approximate surface area is 155 Å². The van der Waals surface area contributed by atoms with E-state index in [4.69, 9.17) is 9.47 Å². The van der Waals surface area contributed by atoms with Crippen molar-refractivity contribution in [2.45, 2.75) is 0 Å².